The molecule has 0 saturated carbocycles. The molecule has 1 aromatic carbocycles. The summed E-state index contributed by atoms with van der Waals surface area (Å²) in [5.41, 5.74) is 1.38. The lowest BCUT2D eigenvalue weighted by molar-refractivity contribution is 0.101. The normalized spacial score (nSPS) is 10.8. The zero-order chi connectivity index (χ0) is 12.4. The van der Waals surface area contributed by atoms with Gasteiger partial charge in [-0.05, 0) is 13.0 Å². The molecule has 2 rings (SSSR count). The molecule has 0 aliphatic carbocycles. The second kappa shape index (κ2) is 4.57. The van der Waals surface area contributed by atoms with Gasteiger partial charge in [-0.1, -0.05) is 12.1 Å². The van der Waals surface area contributed by atoms with Crippen molar-refractivity contribution in [2.24, 2.45) is 0 Å². The highest BCUT2D eigenvalue weighted by Crippen LogP contribution is 2.30. The Morgan fingerprint density at radius 2 is 2.24 bits per heavy atom. The summed E-state index contributed by atoms with van der Waals surface area (Å²) >= 11 is 0. The first kappa shape index (κ1) is 11.6. The van der Waals surface area contributed by atoms with E-state index >= 15 is 0 Å². The second-order valence-electron chi connectivity index (χ2n) is 3.84. The van der Waals surface area contributed by atoms with Crippen LogP contribution in [0.25, 0.3) is 10.9 Å². The Balaban J connectivity index is 2.76. The van der Waals surface area contributed by atoms with Crippen molar-refractivity contribution in [1.29, 1.82) is 0 Å². The fourth-order valence-electron chi connectivity index (χ4n) is 2.04. The van der Waals surface area contributed by atoms with E-state index in [4.69, 9.17) is 4.74 Å². The average Bonchev–Trinajstić information content (AvgIpc) is 2.69. The minimum absolute atomic E-state index is 0.0270. The summed E-state index contributed by atoms with van der Waals surface area (Å²) in [5, 5.41) is 0.810. The molecule has 2 aromatic rings. The number of carbonyl (C=O) groups excluding carboxylic acids is 1. The summed E-state index contributed by atoms with van der Waals surface area (Å²) in [5.74, 6) is 0.629. The molecule has 1 heterocycles. The first-order valence-electron chi connectivity index (χ1n) is 5.41. The van der Waals surface area contributed by atoms with E-state index in [1.54, 1.807) is 23.9 Å². The van der Waals surface area contributed by atoms with Gasteiger partial charge in [0.1, 0.15) is 12.4 Å². The van der Waals surface area contributed by atoms with Gasteiger partial charge in [0, 0.05) is 17.1 Å². The summed E-state index contributed by atoms with van der Waals surface area (Å²) in [6, 6.07) is 5.48. The quantitative estimate of drug-likeness (QED) is 0.763. The van der Waals surface area contributed by atoms with Crippen LogP contribution in [-0.4, -0.2) is 24.1 Å². The minimum atomic E-state index is -0.473. The molecule has 0 aliphatic heterocycles. The molecule has 90 valence electrons. The number of carbonyl (C=O) groups is 1. The van der Waals surface area contributed by atoms with Gasteiger partial charge in [-0.25, -0.2) is 4.39 Å². The third-order valence-corrected chi connectivity index (χ3v) is 2.79. The highest BCUT2D eigenvalue weighted by atomic mass is 19.1. The summed E-state index contributed by atoms with van der Waals surface area (Å²) in [4.78, 5) is 11.5. The third kappa shape index (κ3) is 1.90. The number of aryl methyl sites for hydroxylation is 1. The first-order chi connectivity index (χ1) is 8.19. The number of hydrogen-bond donors (Lipinski definition) is 0. The maximum absolute atomic E-state index is 12.5. The fraction of sp³-hybridized carbons (Fsp3) is 0.308. The van der Waals surface area contributed by atoms with Crippen LogP contribution in [0.5, 0.6) is 5.75 Å². The molecule has 0 N–H and O–H groups in total. The lowest BCUT2D eigenvalue weighted by Crippen LogP contribution is -1.99. The topological polar surface area (TPSA) is 31.2 Å². The molecule has 0 fully saturated rings. The van der Waals surface area contributed by atoms with Crippen molar-refractivity contribution < 1.29 is 13.9 Å². The molecular weight excluding hydrogens is 221 g/mol. The third-order valence-electron chi connectivity index (χ3n) is 2.79. The van der Waals surface area contributed by atoms with Gasteiger partial charge >= 0.3 is 0 Å². The largest absolute Gasteiger partial charge is 0.495 e. The number of benzene rings is 1. The molecule has 0 saturated heterocycles. The molecule has 0 spiro atoms. The van der Waals surface area contributed by atoms with E-state index in [0.29, 0.717) is 11.3 Å². The Labute approximate surface area is 98.8 Å². The lowest BCUT2D eigenvalue weighted by atomic mass is 10.1. The molecule has 0 bridgehead atoms. The van der Waals surface area contributed by atoms with E-state index in [1.165, 1.54) is 6.92 Å². The van der Waals surface area contributed by atoms with Crippen LogP contribution in [0, 0.1) is 0 Å². The van der Waals surface area contributed by atoms with Gasteiger partial charge in [-0.15, -0.1) is 0 Å². The summed E-state index contributed by atoms with van der Waals surface area (Å²) in [6.07, 6.45) is 1.69. The van der Waals surface area contributed by atoms with E-state index in [1.807, 2.05) is 12.1 Å². The Kier molecular flexibility index (Phi) is 3.13. The van der Waals surface area contributed by atoms with E-state index < -0.39 is 6.67 Å². The van der Waals surface area contributed by atoms with Gasteiger partial charge in [0.25, 0.3) is 0 Å². The molecule has 0 amide bonds. The van der Waals surface area contributed by atoms with E-state index in [0.717, 1.165) is 10.9 Å². The maximum atomic E-state index is 12.5. The van der Waals surface area contributed by atoms with Crippen LogP contribution < -0.4 is 4.74 Å². The molecule has 4 heteroatoms. The number of para-hydroxylation sites is 1. The number of hydrogen-bond acceptors (Lipinski definition) is 2. The molecular formula is C13H14FNO2. The lowest BCUT2D eigenvalue weighted by Gasteiger charge is -2.06. The number of nitrogens with zero attached hydrogens (tertiary/aromatic N) is 1. The number of ketones is 1. The van der Waals surface area contributed by atoms with Crippen molar-refractivity contribution in [2.45, 2.75) is 13.5 Å². The number of halogens is 1. The van der Waals surface area contributed by atoms with Gasteiger partial charge in [-0.3, -0.25) is 4.79 Å². The predicted molar refractivity (Wildman–Crippen MR) is 64.5 cm³/mol. The number of alkyl halides is 1. The van der Waals surface area contributed by atoms with Crippen molar-refractivity contribution in [1.82, 2.24) is 4.57 Å². The van der Waals surface area contributed by atoms with Crippen LogP contribution in [-0.2, 0) is 6.54 Å². The Morgan fingerprint density at radius 3 is 2.82 bits per heavy atom. The number of aromatic nitrogens is 1. The van der Waals surface area contributed by atoms with Gasteiger partial charge in [0.15, 0.2) is 5.78 Å². The van der Waals surface area contributed by atoms with Gasteiger partial charge in [0.2, 0.25) is 0 Å². The minimum Gasteiger partial charge on any atom is -0.495 e. The number of ether oxygens (including phenoxy) is 1. The van der Waals surface area contributed by atoms with Crippen LogP contribution in [0.4, 0.5) is 4.39 Å². The smallest absolute Gasteiger partial charge is 0.161 e. The summed E-state index contributed by atoms with van der Waals surface area (Å²) in [6.45, 7) is 1.26. The van der Waals surface area contributed by atoms with Gasteiger partial charge in [0.05, 0.1) is 19.2 Å². The van der Waals surface area contributed by atoms with Crippen LogP contribution in [0.1, 0.15) is 17.3 Å². The van der Waals surface area contributed by atoms with Crippen molar-refractivity contribution in [3.8, 4) is 5.75 Å². The van der Waals surface area contributed by atoms with Crippen LogP contribution in [0.15, 0.2) is 24.4 Å². The van der Waals surface area contributed by atoms with Crippen molar-refractivity contribution in [3.05, 3.63) is 30.0 Å². The predicted octanol–water partition coefficient (Wildman–Crippen LogP) is 2.82. The molecule has 1 aromatic heterocycles. The second-order valence-corrected chi connectivity index (χ2v) is 3.84. The van der Waals surface area contributed by atoms with Crippen molar-refractivity contribution >= 4 is 16.7 Å². The molecule has 0 unspecified atom stereocenters. The highest BCUT2D eigenvalue weighted by Gasteiger charge is 2.14. The summed E-state index contributed by atoms with van der Waals surface area (Å²) < 4.78 is 19.5. The number of rotatable bonds is 4. The highest BCUT2D eigenvalue weighted by molar-refractivity contribution is 6.08. The summed E-state index contributed by atoms with van der Waals surface area (Å²) in [7, 11) is 1.56. The van der Waals surface area contributed by atoms with Crippen LogP contribution in [0.2, 0.25) is 0 Å². The monoisotopic (exact) mass is 235 g/mol. The van der Waals surface area contributed by atoms with Crippen molar-refractivity contribution in [3.63, 3.8) is 0 Å². The molecule has 0 aliphatic rings. The SMILES string of the molecule is COc1cccc2c(C(C)=O)cn(CCF)c12. The Hall–Kier alpha value is -1.84. The Bertz CT molecular complexity index is 560. The number of Topliss-reactive ketones (excluding diaryl/α,β-unsaturated/α-hetero) is 1. The van der Waals surface area contributed by atoms with Crippen LogP contribution in [0.3, 0.4) is 0 Å². The number of fused-ring (bicyclic) bond motifs is 1. The van der Waals surface area contributed by atoms with E-state index in [-0.39, 0.29) is 12.3 Å². The van der Waals surface area contributed by atoms with E-state index in [2.05, 4.69) is 0 Å². The average molecular weight is 235 g/mol. The Morgan fingerprint density at radius 1 is 1.47 bits per heavy atom. The van der Waals surface area contributed by atoms with Crippen LogP contribution >= 0.6 is 0 Å². The van der Waals surface area contributed by atoms with Gasteiger partial charge in [-0.2, -0.15) is 0 Å². The van der Waals surface area contributed by atoms with E-state index in [9.17, 15) is 9.18 Å². The zero-order valence-electron chi connectivity index (χ0n) is 9.87. The van der Waals surface area contributed by atoms with Crippen molar-refractivity contribution in [2.75, 3.05) is 13.8 Å². The zero-order valence-corrected chi connectivity index (χ0v) is 9.87. The first-order valence-corrected chi connectivity index (χ1v) is 5.41. The standard InChI is InChI=1S/C13H14FNO2/c1-9(16)11-8-15(7-6-14)13-10(11)4-3-5-12(13)17-2/h3-5,8H,6-7H2,1-2H3. The number of methoxy groups -OCH3 is 1. The fourth-order valence-corrected chi connectivity index (χ4v) is 2.04. The molecule has 17 heavy (non-hydrogen) atoms. The molecule has 0 atom stereocenters. The maximum Gasteiger partial charge on any atom is 0.161 e. The molecule has 3 nitrogen and oxygen atoms in total. The molecule has 0 radical (unpaired) electrons. The van der Waals surface area contributed by atoms with Gasteiger partial charge < -0.3 is 9.30 Å².